The van der Waals surface area contributed by atoms with Crippen molar-refractivity contribution in [3.63, 3.8) is 0 Å². The van der Waals surface area contributed by atoms with Crippen LogP contribution in [0.1, 0.15) is 39.5 Å². The average Bonchev–Trinajstić information content (AvgIpc) is 2.15. The van der Waals surface area contributed by atoms with Gasteiger partial charge < -0.3 is 10.1 Å². The van der Waals surface area contributed by atoms with E-state index in [2.05, 4.69) is 26.2 Å². The molecule has 0 aromatic rings. The Hall–Kier alpha value is -0.0800. The fourth-order valence-corrected chi connectivity index (χ4v) is 2.03. The maximum absolute atomic E-state index is 5.65. The first-order chi connectivity index (χ1) is 6.22. The number of ether oxygens (including phenoxy) is 1. The maximum Gasteiger partial charge on any atom is 0.0519 e. The van der Waals surface area contributed by atoms with Gasteiger partial charge in [-0.3, -0.25) is 0 Å². The summed E-state index contributed by atoms with van der Waals surface area (Å²) >= 11 is 0. The molecular weight excluding hydrogens is 162 g/mol. The van der Waals surface area contributed by atoms with Gasteiger partial charge in [0.05, 0.1) is 6.10 Å². The van der Waals surface area contributed by atoms with E-state index in [0.717, 1.165) is 18.6 Å². The van der Waals surface area contributed by atoms with E-state index in [1.807, 2.05) is 0 Å². The van der Waals surface area contributed by atoms with Gasteiger partial charge in [0, 0.05) is 12.6 Å². The molecule has 0 radical (unpaired) electrons. The first kappa shape index (κ1) is 11.0. The minimum Gasteiger partial charge on any atom is -0.379 e. The smallest absolute Gasteiger partial charge is 0.0519 e. The van der Waals surface area contributed by atoms with Gasteiger partial charge in [-0.2, -0.15) is 0 Å². The van der Waals surface area contributed by atoms with Crippen LogP contribution in [0.15, 0.2) is 0 Å². The molecule has 2 atom stereocenters. The van der Waals surface area contributed by atoms with E-state index in [0.29, 0.717) is 6.10 Å². The summed E-state index contributed by atoms with van der Waals surface area (Å²) in [6.45, 7) is 5.17. The molecule has 78 valence electrons. The van der Waals surface area contributed by atoms with Crippen LogP contribution in [0, 0.1) is 5.92 Å². The Bertz CT molecular complexity index is 136. The lowest BCUT2D eigenvalue weighted by Crippen LogP contribution is -2.33. The highest BCUT2D eigenvalue weighted by Gasteiger charge is 2.20. The second-order valence-corrected chi connectivity index (χ2v) is 4.40. The SMILES string of the molecule is CNC1CCCC(COC(C)C)C1. The van der Waals surface area contributed by atoms with Crippen LogP contribution in [0.3, 0.4) is 0 Å². The Balaban J connectivity index is 2.18. The Morgan fingerprint density at radius 2 is 2.15 bits per heavy atom. The van der Waals surface area contributed by atoms with Gasteiger partial charge in [0.2, 0.25) is 0 Å². The molecule has 1 aliphatic carbocycles. The molecule has 0 amide bonds. The van der Waals surface area contributed by atoms with Crippen molar-refractivity contribution in [3.8, 4) is 0 Å². The van der Waals surface area contributed by atoms with Gasteiger partial charge in [-0.15, -0.1) is 0 Å². The van der Waals surface area contributed by atoms with E-state index in [1.54, 1.807) is 0 Å². The van der Waals surface area contributed by atoms with Gasteiger partial charge >= 0.3 is 0 Å². The average molecular weight is 185 g/mol. The standard InChI is InChI=1S/C11H23NO/c1-9(2)13-8-10-5-4-6-11(7-10)12-3/h9-12H,4-8H2,1-3H3. The monoisotopic (exact) mass is 185 g/mol. The molecule has 0 bridgehead atoms. The van der Waals surface area contributed by atoms with Crippen LogP contribution in [-0.4, -0.2) is 25.8 Å². The molecule has 0 spiro atoms. The van der Waals surface area contributed by atoms with E-state index in [9.17, 15) is 0 Å². The second-order valence-electron chi connectivity index (χ2n) is 4.40. The van der Waals surface area contributed by atoms with Gasteiger partial charge in [-0.05, 0) is 46.1 Å². The molecule has 1 rings (SSSR count). The van der Waals surface area contributed by atoms with Crippen LogP contribution < -0.4 is 5.32 Å². The number of hydrogen-bond donors (Lipinski definition) is 1. The van der Waals surface area contributed by atoms with Crippen molar-refractivity contribution in [1.82, 2.24) is 5.32 Å². The summed E-state index contributed by atoms with van der Waals surface area (Å²) in [7, 11) is 2.07. The fourth-order valence-electron chi connectivity index (χ4n) is 2.03. The largest absolute Gasteiger partial charge is 0.379 e. The Morgan fingerprint density at radius 3 is 2.77 bits per heavy atom. The summed E-state index contributed by atoms with van der Waals surface area (Å²) in [5.74, 6) is 0.786. The molecule has 0 aliphatic heterocycles. The highest BCUT2D eigenvalue weighted by molar-refractivity contribution is 4.76. The van der Waals surface area contributed by atoms with Gasteiger partial charge in [0.15, 0.2) is 0 Å². The Morgan fingerprint density at radius 1 is 1.38 bits per heavy atom. The van der Waals surface area contributed by atoms with Crippen molar-refractivity contribution in [3.05, 3.63) is 0 Å². The molecule has 0 aromatic heterocycles. The zero-order valence-corrected chi connectivity index (χ0v) is 9.18. The predicted octanol–water partition coefficient (Wildman–Crippen LogP) is 2.19. The van der Waals surface area contributed by atoms with Crippen molar-refractivity contribution in [1.29, 1.82) is 0 Å². The number of nitrogens with one attached hydrogen (secondary N) is 1. The van der Waals surface area contributed by atoms with Crippen LogP contribution in [0.4, 0.5) is 0 Å². The number of hydrogen-bond acceptors (Lipinski definition) is 2. The number of rotatable bonds is 4. The molecular formula is C11H23NO. The van der Waals surface area contributed by atoms with Crippen LogP contribution in [-0.2, 0) is 4.74 Å². The third-order valence-electron chi connectivity index (χ3n) is 2.86. The van der Waals surface area contributed by atoms with Crippen molar-refractivity contribution in [2.75, 3.05) is 13.7 Å². The summed E-state index contributed by atoms with van der Waals surface area (Å²) in [6.07, 6.45) is 5.73. The Labute approximate surface area is 82.0 Å². The molecule has 1 aliphatic rings. The highest BCUT2D eigenvalue weighted by Crippen LogP contribution is 2.24. The van der Waals surface area contributed by atoms with Crippen molar-refractivity contribution in [2.45, 2.75) is 51.7 Å². The fraction of sp³-hybridized carbons (Fsp3) is 1.00. The minimum absolute atomic E-state index is 0.384. The van der Waals surface area contributed by atoms with E-state index in [1.165, 1.54) is 25.7 Å². The first-order valence-corrected chi connectivity index (χ1v) is 5.51. The second kappa shape index (κ2) is 5.61. The van der Waals surface area contributed by atoms with Gasteiger partial charge in [-0.1, -0.05) is 6.42 Å². The Kier molecular flexibility index (Phi) is 4.74. The van der Waals surface area contributed by atoms with E-state index >= 15 is 0 Å². The summed E-state index contributed by atoms with van der Waals surface area (Å²) in [5.41, 5.74) is 0. The summed E-state index contributed by atoms with van der Waals surface area (Å²) in [6, 6.07) is 0.731. The molecule has 1 N–H and O–H groups in total. The third-order valence-corrected chi connectivity index (χ3v) is 2.86. The predicted molar refractivity (Wildman–Crippen MR) is 55.9 cm³/mol. The zero-order chi connectivity index (χ0) is 9.68. The summed E-state index contributed by atoms with van der Waals surface area (Å²) in [4.78, 5) is 0. The van der Waals surface area contributed by atoms with E-state index in [4.69, 9.17) is 4.74 Å². The minimum atomic E-state index is 0.384. The van der Waals surface area contributed by atoms with Crippen LogP contribution >= 0.6 is 0 Å². The normalized spacial score (nSPS) is 29.5. The third kappa shape index (κ3) is 4.10. The van der Waals surface area contributed by atoms with E-state index < -0.39 is 0 Å². The maximum atomic E-state index is 5.65. The lowest BCUT2D eigenvalue weighted by Gasteiger charge is -2.29. The molecule has 0 aromatic carbocycles. The van der Waals surface area contributed by atoms with Crippen molar-refractivity contribution in [2.24, 2.45) is 5.92 Å². The lowest BCUT2D eigenvalue weighted by molar-refractivity contribution is 0.0376. The summed E-state index contributed by atoms with van der Waals surface area (Å²) in [5, 5.41) is 3.37. The van der Waals surface area contributed by atoms with Gasteiger partial charge in [0.1, 0.15) is 0 Å². The molecule has 1 saturated carbocycles. The molecule has 2 nitrogen and oxygen atoms in total. The van der Waals surface area contributed by atoms with Crippen molar-refractivity contribution < 1.29 is 4.74 Å². The molecule has 1 fully saturated rings. The molecule has 13 heavy (non-hydrogen) atoms. The van der Waals surface area contributed by atoms with Crippen LogP contribution in [0.5, 0.6) is 0 Å². The summed E-state index contributed by atoms with van der Waals surface area (Å²) < 4.78 is 5.65. The van der Waals surface area contributed by atoms with Gasteiger partial charge in [-0.25, -0.2) is 0 Å². The highest BCUT2D eigenvalue weighted by atomic mass is 16.5. The van der Waals surface area contributed by atoms with E-state index in [-0.39, 0.29) is 0 Å². The first-order valence-electron chi connectivity index (χ1n) is 5.51. The quantitative estimate of drug-likeness (QED) is 0.725. The lowest BCUT2D eigenvalue weighted by atomic mass is 9.86. The van der Waals surface area contributed by atoms with Gasteiger partial charge in [0.25, 0.3) is 0 Å². The topological polar surface area (TPSA) is 21.3 Å². The molecule has 0 heterocycles. The van der Waals surface area contributed by atoms with Crippen molar-refractivity contribution >= 4 is 0 Å². The molecule has 0 saturated heterocycles. The molecule has 2 heteroatoms. The zero-order valence-electron chi connectivity index (χ0n) is 9.18. The molecule has 2 unspecified atom stereocenters. The van der Waals surface area contributed by atoms with Crippen LogP contribution in [0.25, 0.3) is 0 Å². The van der Waals surface area contributed by atoms with Crippen LogP contribution in [0.2, 0.25) is 0 Å².